The maximum Gasteiger partial charge on any atom is 1.00 e. The molecule has 248 valence electrons. The van der Waals surface area contributed by atoms with Crippen LogP contribution in [0.4, 0.5) is 0 Å². The molecule has 1 atom stereocenters. The van der Waals surface area contributed by atoms with Crippen molar-refractivity contribution in [3.63, 3.8) is 0 Å². The first-order valence-corrected chi connectivity index (χ1v) is 19.9. The Bertz CT molecular complexity index is 599. The average molecular weight is 625 g/mol. The fraction of sp³-hybridized carbons (Fsp3) is 1.00. The Morgan fingerprint density at radius 2 is 0.643 bits per heavy atom. The molecule has 0 aromatic carbocycles. The SMILES string of the molecule is CCCCCCCCCCCCCCCCCCCCC(CCCCCCCCCCCCCC)COS(=O)(=O)[O-].[Na+]. The smallest absolute Gasteiger partial charge is 0.726 e. The molecule has 0 fully saturated rings. The van der Waals surface area contributed by atoms with Gasteiger partial charge in [-0.1, -0.05) is 206 Å². The Morgan fingerprint density at radius 3 is 0.857 bits per heavy atom. The van der Waals surface area contributed by atoms with E-state index in [0.29, 0.717) is 0 Å². The maximum absolute atomic E-state index is 11.0. The van der Waals surface area contributed by atoms with Crippen LogP contribution in [0.15, 0.2) is 0 Å². The predicted octanol–water partition coefficient (Wildman–Crippen LogP) is 9.61. The van der Waals surface area contributed by atoms with Gasteiger partial charge in [0.05, 0.1) is 6.61 Å². The number of rotatable bonds is 35. The first kappa shape index (κ1) is 45.0. The van der Waals surface area contributed by atoms with Crippen molar-refractivity contribution < 1.29 is 46.7 Å². The zero-order valence-corrected chi connectivity index (χ0v) is 31.8. The zero-order chi connectivity index (χ0) is 30.1. The standard InChI is InChI=1S/C36H74O4S.Na/c1-3-5-7-9-11-13-15-17-18-19-20-21-22-24-26-28-30-32-34-36(35-40-41(37,38)39)33-31-29-27-25-23-16-14-12-10-8-6-4-2;/h36H,3-35H2,1-2H3,(H,37,38,39);/q;+1/p-1. The summed E-state index contributed by atoms with van der Waals surface area (Å²) >= 11 is 0. The van der Waals surface area contributed by atoms with Gasteiger partial charge in [0.25, 0.3) is 0 Å². The normalized spacial score (nSPS) is 12.5. The van der Waals surface area contributed by atoms with Crippen molar-refractivity contribution in [2.45, 2.75) is 219 Å². The van der Waals surface area contributed by atoms with Gasteiger partial charge in [-0.25, -0.2) is 8.42 Å². The minimum absolute atomic E-state index is 0. The molecule has 6 heteroatoms. The van der Waals surface area contributed by atoms with Crippen LogP contribution in [0.3, 0.4) is 0 Å². The Kier molecular flexibility index (Phi) is 38.9. The third kappa shape index (κ3) is 38.9. The van der Waals surface area contributed by atoms with Crippen molar-refractivity contribution >= 4 is 10.4 Å². The molecular formula is C36H73NaO4S. The van der Waals surface area contributed by atoms with E-state index >= 15 is 0 Å². The maximum atomic E-state index is 11.0. The van der Waals surface area contributed by atoms with Gasteiger partial charge in [-0.2, -0.15) is 0 Å². The predicted molar refractivity (Wildman–Crippen MR) is 178 cm³/mol. The van der Waals surface area contributed by atoms with Gasteiger partial charge in [-0.15, -0.1) is 0 Å². The molecule has 1 unspecified atom stereocenters. The molecule has 0 aliphatic carbocycles. The van der Waals surface area contributed by atoms with Crippen LogP contribution >= 0.6 is 0 Å². The van der Waals surface area contributed by atoms with Crippen LogP contribution in [0.25, 0.3) is 0 Å². The van der Waals surface area contributed by atoms with Crippen LogP contribution in [0.5, 0.6) is 0 Å². The largest absolute Gasteiger partial charge is 1.00 e. The Hall–Kier alpha value is 0.870. The van der Waals surface area contributed by atoms with Crippen molar-refractivity contribution in [2.24, 2.45) is 5.92 Å². The molecule has 0 radical (unpaired) electrons. The first-order valence-electron chi connectivity index (χ1n) is 18.6. The Labute approximate surface area is 287 Å². The van der Waals surface area contributed by atoms with Gasteiger partial charge in [0.2, 0.25) is 10.4 Å². The van der Waals surface area contributed by atoms with E-state index in [1.165, 1.54) is 180 Å². The molecule has 0 aromatic rings. The topological polar surface area (TPSA) is 66.4 Å². The van der Waals surface area contributed by atoms with Gasteiger partial charge >= 0.3 is 29.6 Å². The number of hydrogen-bond donors (Lipinski definition) is 0. The monoisotopic (exact) mass is 625 g/mol. The van der Waals surface area contributed by atoms with E-state index in [9.17, 15) is 13.0 Å². The number of unbranched alkanes of at least 4 members (excludes halogenated alkanes) is 28. The summed E-state index contributed by atoms with van der Waals surface area (Å²) in [4.78, 5) is 0. The minimum atomic E-state index is -4.59. The molecule has 0 heterocycles. The van der Waals surface area contributed by atoms with Gasteiger partial charge in [-0.3, -0.25) is 4.18 Å². The van der Waals surface area contributed by atoms with Crippen molar-refractivity contribution in [1.82, 2.24) is 0 Å². The van der Waals surface area contributed by atoms with Gasteiger partial charge in [-0.05, 0) is 18.8 Å². The summed E-state index contributed by atoms with van der Waals surface area (Å²) in [6.07, 6.45) is 42.4. The second kappa shape index (κ2) is 36.3. The summed E-state index contributed by atoms with van der Waals surface area (Å²) in [5.74, 6) is 0.197. The summed E-state index contributed by atoms with van der Waals surface area (Å²) in [5, 5.41) is 0. The first-order chi connectivity index (χ1) is 20.0. The van der Waals surface area contributed by atoms with Crippen LogP contribution < -0.4 is 29.6 Å². The fourth-order valence-corrected chi connectivity index (χ4v) is 6.46. The zero-order valence-electron chi connectivity index (χ0n) is 29.0. The third-order valence-electron chi connectivity index (χ3n) is 8.88. The molecule has 0 rings (SSSR count). The molecule has 0 saturated carbocycles. The average Bonchev–Trinajstić information content (AvgIpc) is 2.94. The van der Waals surface area contributed by atoms with Crippen LogP contribution in [0, 0.1) is 5.92 Å². The number of hydrogen-bond acceptors (Lipinski definition) is 4. The molecular weight excluding hydrogens is 551 g/mol. The molecule has 0 aliphatic rings. The summed E-state index contributed by atoms with van der Waals surface area (Å²) in [6.45, 7) is 4.62. The van der Waals surface area contributed by atoms with E-state index in [1.54, 1.807) is 0 Å². The second-order valence-electron chi connectivity index (χ2n) is 13.0. The van der Waals surface area contributed by atoms with Gasteiger partial charge in [0.15, 0.2) is 0 Å². The Balaban J connectivity index is 0. The van der Waals surface area contributed by atoms with Crippen molar-refractivity contribution in [3.8, 4) is 0 Å². The van der Waals surface area contributed by atoms with Crippen LogP contribution in [-0.4, -0.2) is 19.6 Å². The molecule has 0 amide bonds. The Morgan fingerprint density at radius 1 is 0.429 bits per heavy atom. The molecule has 42 heavy (non-hydrogen) atoms. The quantitative estimate of drug-likeness (QED) is 0.0305. The van der Waals surface area contributed by atoms with E-state index in [1.807, 2.05) is 0 Å². The van der Waals surface area contributed by atoms with Gasteiger partial charge in [0, 0.05) is 0 Å². The van der Waals surface area contributed by atoms with Crippen LogP contribution in [0.2, 0.25) is 0 Å². The molecule has 0 aliphatic heterocycles. The molecule has 4 nitrogen and oxygen atoms in total. The van der Waals surface area contributed by atoms with E-state index in [0.717, 1.165) is 25.7 Å². The third-order valence-corrected chi connectivity index (χ3v) is 9.30. The second-order valence-corrected chi connectivity index (χ2v) is 14.1. The molecule has 0 N–H and O–H groups in total. The van der Waals surface area contributed by atoms with E-state index in [4.69, 9.17) is 0 Å². The van der Waals surface area contributed by atoms with Crippen LogP contribution in [-0.2, 0) is 14.6 Å². The van der Waals surface area contributed by atoms with Crippen LogP contribution in [0.1, 0.15) is 219 Å². The van der Waals surface area contributed by atoms with E-state index in [2.05, 4.69) is 18.0 Å². The van der Waals surface area contributed by atoms with E-state index in [-0.39, 0.29) is 42.1 Å². The van der Waals surface area contributed by atoms with Crippen molar-refractivity contribution in [2.75, 3.05) is 6.61 Å². The van der Waals surface area contributed by atoms with Crippen molar-refractivity contribution in [3.05, 3.63) is 0 Å². The summed E-state index contributed by atoms with van der Waals surface area (Å²) in [7, 11) is -4.59. The van der Waals surface area contributed by atoms with Crippen molar-refractivity contribution in [1.29, 1.82) is 0 Å². The van der Waals surface area contributed by atoms with Gasteiger partial charge < -0.3 is 4.55 Å². The van der Waals surface area contributed by atoms with E-state index < -0.39 is 10.4 Å². The minimum Gasteiger partial charge on any atom is -0.726 e. The molecule has 0 bridgehead atoms. The molecule has 0 aromatic heterocycles. The summed E-state index contributed by atoms with van der Waals surface area (Å²) < 4.78 is 37.6. The molecule has 0 spiro atoms. The fourth-order valence-electron chi connectivity index (χ4n) is 6.10. The summed E-state index contributed by atoms with van der Waals surface area (Å²) in [5.41, 5.74) is 0. The summed E-state index contributed by atoms with van der Waals surface area (Å²) in [6, 6.07) is 0. The van der Waals surface area contributed by atoms with Gasteiger partial charge in [0.1, 0.15) is 0 Å². The molecule has 0 saturated heterocycles.